The SMILES string of the molecule is Brc1ccc(CC2CCCO2)cc1. The van der Waals surface area contributed by atoms with Crippen molar-refractivity contribution in [3.8, 4) is 0 Å². The minimum atomic E-state index is 0.459. The van der Waals surface area contributed by atoms with Crippen molar-refractivity contribution in [2.24, 2.45) is 0 Å². The van der Waals surface area contributed by atoms with Gasteiger partial charge in [0.1, 0.15) is 0 Å². The van der Waals surface area contributed by atoms with E-state index in [-0.39, 0.29) is 0 Å². The van der Waals surface area contributed by atoms with Crippen LogP contribution in [0.5, 0.6) is 0 Å². The van der Waals surface area contributed by atoms with Crippen molar-refractivity contribution >= 4 is 15.9 Å². The van der Waals surface area contributed by atoms with Crippen molar-refractivity contribution in [1.82, 2.24) is 0 Å². The molecular weight excluding hydrogens is 228 g/mol. The molecule has 1 saturated heterocycles. The van der Waals surface area contributed by atoms with Crippen molar-refractivity contribution in [2.45, 2.75) is 25.4 Å². The first-order valence-electron chi connectivity index (χ1n) is 4.70. The van der Waals surface area contributed by atoms with E-state index in [1.807, 2.05) is 0 Å². The fourth-order valence-electron chi connectivity index (χ4n) is 1.69. The lowest BCUT2D eigenvalue weighted by Crippen LogP contribution is -2.08. The van der Waals surface area contributed by atoms with Crippen molar-refractivity contribution < 1.29 is 4.74 Å². The highest BCUT2D eigenvalue weighted by molar-refractivity contribution is 9.10. The largest absolute Gasteiger partial charge is 0.378 e. The van der Waals surface area contributed by atoms with Crippen LogP contribution in [0.2, 0.25) is 0 Å². The molecule has 2 rings (SSSR count). The Kier molecular flexibility index (Phi) is 3.01. The summed E-state index contributed by atoms with van der Waals surface area (Å²) in [6.45, 7) is 0.946. The minimum Gasteiger partial charge on any atom is -0.378 e. The Hall–Kier alpha value is -0.340. The Bertz CT molecular complexity index is 262. The summed E-state index contributed by atoms with van der Waals surface area (Å²) in [4.78, 5) is 0. The first kappa shape index (κ1) is 9.22. The molecule has 1 fully saturated rings. The number of hydrogen-bond acceptors (Lipinski definition) is 1. The third-order valence-corrected chi connectivity index (χ3v) is 2.93. The highest BCUT2D eigenvalue weighted by Gasteiger charge is 2.15. The molecule has 1 atom stereocenters. The summed E-state index contributed by atoms with van der Waals surface area (Å²) in [5, 5.41) is 0. The van der Waals surface area contributed by atoms with E-state index in [9.17, 15) is 0 Å². The molecule has 0 saturated carbocycles. The predicted octanol–water partition coefficient (Wildman–Crippen LogP) is 3.17. The van der Waals surface area contributed by atoms with E-state index in [4.69, 9.17) is 4.74 Å². The lowest BCUT2D eigenvalue weighted by molar-refractivity contribution is 0.111. The van der Waals surface area contributed by atoms with Gasteiger partial charge < -0.3 is 4.74 Å². The van der Waals surface area contributed by atoms with Crippen LogP contribution >= 0.6 is 15.9 Å². The van der Waals surface area contributed by atoms with Gasteiger partial charge >= 0.3 is 0 Å². The van der Waals surface area contributed by atoms with Crippen LogP contribution in [0.15, 0.2) is 28.7 Å². The van der Waals surface area contributed by atoms with E-state index in [1.54, 1.807) is 0 Å². The van der Waals surface area contributed by atoms with E-state index in [2.05, 4.69) is 40.2 Å². The van der Waals surface area contributed by atoms with E-state index in [1.165, 1.54) is 18.4 Å². The minimum absolute atomic E-state index is 0.459. The molecule has 0 amide bonds. The maximum Gasteiger partial charge on any atom is 0.0616 e. The summed E-state index contributed by atoms with van der Waals surface area (Å²) in [5.41, 5.74) is 1.37. The zero-order valence-electron chi connectivity index (χ0n) is 7.50. The molecular formula is C11H13BrO. The summed E-state index contributed by atoms with van der Waals surface area (Å²) < 4.78 is 6.72. The van der Waals surface area contributed by atoms with Crippen LogP contribution in [0.4, 0.5) is 0 Å². The monoisotopic (exact) mass is 240 g/mol. The zero-order chi connectivity index (χ0) is 9.10. The first-order chi connectivity index (χ1) is 6.34. The lowest BCUT2D eigenvalue weighted by atomic mass is 10.1. The molecule has 0 radical (unpaired) electrons. The topological polar surface area (TPSA) is 9.23 Å². The van der Waals surface area contributed by atoms with E-state index < -0.39 is 0 Å². The third kappa shape index (κ3) is 2.55. The Morgan fingerprint density at radius 2 is 2.08 bits per heavy atom. The van der Waals surface area contributed by atoms with Crippen LogP contribution in [0, 0.1) is 0 Å². The van der Waals surface area contributed by atoms with Gasteiger partial charge in [0.05, 0.1) is 6.10 Å². The van der Waals surface area contributed by atoms with Gasteiger partial charge in [0.15, 0.2) is 0 Å². The second-order valence-corrected chi connectivity index (χ2v) is 4.38. The second kappa shape index (κ2) is 4.25. The molecule has 0 aromatic heterocycles. The lowest BCUT2D eigenvalue weighted by Gasteiger charge is -2.08. The molecule has 1 unspecified atom stereocenters. The standard InChI is InChI=1S/C11H13BrO/c12-10-5-3-9(4-6-10)8-11-2-1-7-13-11/h3-6,11H,1-2,7-8H2. The number of rotatable bonds is 2. The summed E-state index contributed by atoms with van der Waals surface area (Å²) in [7, 11) is 0. The maximum atomic E-state index is 5.58. The van der Waals surface area contributed by atoms with Crippen molar-refractivity contribution in [1.29, 1.82) is 0 Å². The van der Waals surface area contributed by atoms with Gasteiger partial charge in [-0.2, -0.15) is 0 Å². The van der Waals surface area contributed by atoms with Crippen LogP contribution in [0.1, 0.15) is 18.4 Å². The molecule has 1 aromatic rings. The molecule has 1 heterocycles. The molecule has 0 N–H and O–H groups in total. The molecule has 13 heavy (non-hydrogen) atoms. The summed E-state index contributed by atoms with van der Waals surface area (Å²) in [5.74, 6) is 0. The zero-order valence-corrected chi connectivity index (χ0v) is 9.09. The Morgan fingerprint density at radius 3 is 2.69 bits per heavy atom. The molecule has 70 valence electrons. The number of halogens is 1. The average molecular weight is 241 g/mol. The Balaban J connectivity index is 1.97. The number of hydrogen-bond donors (Lipinski definition) is 0. The highest BCUT2D eigenvalue weighted by Crippen LogP contribution is 2.18. The predicted molar refractivity (Wildman–Crippen MR) is 56.8 cm³/mol. The summed E-state index contributed by atoms with van der Waals surface area (Å²) >= 11 is 3.43. The van der Waals surface area contributed by atoms with Gasteiger partial charge in [0, 0.05) is 11.1 Å². The molecule has 1 aromatic carbocycles. The molecule has 0 aliphatic carbocycles. The molecule has 2 heteroatoms. The second-order valence-electron chi connectivity index (χ2n) is 3.47. The van der Waals surface area contributed by atoms with E-state index in [0.717, 1.165) is 17.5 Å². The van der Waals surface area contributed by atoms with Crippen molar-refractivity contribution in [2.75, 3.05) is 6.61 Å². The average Bonchev–Trinajstić information content (AvgIpc) is 2.62. The van der Waals surface area contributed by atoms with Gasteiger partial charge in [-0.1, -0.05) is 28.1 Å². The number of ether oxygens (including phenoxy) is 1. The fraction of sp³-hybridized carbons (Fsp3) is 0.455. The molecule has 1 aliphatic heterocycles. The van der Waals surface area contributed by atoms with Gasteiger partial charge in [-0.15, -0.1) is 0 Å². The quantitative estimate of drug-likeness (QED) is 0.772. The van der Waals surface area contributed by atoms with E-state index >= 15 is 0 Å². The third-order valence-electron chi connectivity index (χ3n) is 2.40. The highest BCUT2D eigenvalue weighted by atomic mass is 79.9. The maximum absolute atomic E-state index is 5.58. The van der Waals surface area contributed by atoms with Gasteiger partial charge in [-0.3, -0.25) is 0 Å². The summed E-state index contributed by atoms with van der Waals surface area (Å²) in [6.07, 6.45) is 3.96. The van der Waals surface area contributed by atoms with Gasteiger partial charge in [-0.25, -0.2) is 0 Å². The normalized spacial score (nSPS) is 22.1. The van der Waals surface area contributed by atoms with Crippen LogP contribution in [0.3, 0.4) is 0 Å². The Morgan fingerprint density at radius 1 is 1.31 bits per heavy atom. The fourth-order valence-corrected chi connectivity index (χ4v) is 1.95. The molecule has 1 nitrogen and oxygen atoms in total. The number of benzene rings is 1. The Labute approximate surface area is 87.2 Å². The first-order valence-corrected chi connectivity index (χ1v) is 5.50. The van der Waals surface area contributed by atoms with E-state index in [0.29, 0.717) is 6.10 Å². The van der Waals surface area contributed by atoms with Crippen molar-refractivity contribution in [3.63, 3.8) is 0 Å². The molecule has 1 aliphatic rings. The molecule has 0 spiro atoms. The van der Waals surface area contributed by atoms with Gasteiger partial charge in [0.2, 0.25) is 0 Å². The van der Waals surface area contributed by atoms with Crippen LogP contribution in [-0.4, -0.2) is 12.7 Å². The smallest absolute Gasteiger partial charge is 0.0616 e. The van der Waals surface area contributed by atoms with Crippen molar-refractivity contribution in [3.05, 3.63) is 34.3 Å². The van der Waals surface area contributed by atoms with Gasteiger partial charge in [-0.05, 0) is 37.0 Å². The van der Waals surface area contributed by atoms with Gasteiger partial charge in [0.25, 0.3) is 0 Å². The van der Waals surface area contributed by atoms with Crippen LogP contribution in [-0.2, 0) is 11.2 Å². The molecule has 0 bridgehead atoms. The van der Waals surface area contributed by atoms with Crippen LogP contribution < -0.4 is 0 Å². The summed E-state index contributed by atoms with van der Waals surface area (Å²) in [6, 6.07) is 8.49. The van der Waals surface area contributed by atoms with Crippen LogP contribution in [0.25, 0.3) is 0 Å².